The number of alkyl halides is 3. The summed E-state index contributed by atoms with van der Waals surface area (Å²) in [6.07, 6.45) is -3.31. The molecule has 1 saturated carbocycles. The number of carboxylic acids is 1. The molecule has 3 rings (SSSR count). The first kappa shape index (κ1) is 17.6. The number of fused-ring (bicyclic) bond motifs is 1. The normalized spacial score (nSPS) is 21.2. The minimum Gasteiger partial charge on any atom is -0.490 e. The maximum Gasteiger partial charge on any atom is 0.391 e. The molecule has 1 N–H and O–H groups in total. The van der Waals surface area contributed by atoms with E-state index in [2.05, 4.69) is 0 Å². The van der Waals surface area contributed by atoms with Gasteiger partial charge in [0.05, 0.1) is 18.4 Å². The Morgan fingerprint density at radius 3 is 2.32 bits per heavy atom. The number of benzene rings is 2. The molecular weight excluding hydrogens is 333 g/mol. The second-order valence-corrected chi connectivity index (χ2v) is 6.55. The van der Waals surface area contributed by atoms with Crippen LogP contribution in [0.5, 0.6) is 5.75 Å². The van der Waals surface area contributed by atoms with E-state index < -0.39 is 18.1 Å². The average molecular weight is 352 g/mol. The van der Waals surface area contributed by atoms with Gasteiger partial charge in [-0.3, -0.25) is 4.79 Å². The van der Waals surface area contributed by atoms with Crippen LogP contribution in [0.15, 0.2) is 36.4 Å². The molecule has 0 bridgehead atoms. The van der Waals surface area contributed by atoms with E-state index in [0.29, 0.717) is 18.6 Å². The number of halogens is 3. The first-order valence-corrected chi connectivity index (χ1v) is 8.29. The molecule has 0 saturated heterocycles. The number of ether oxygens (including phenoxy) is 1. The molecule has 0 atom stereocenters. The molecule has 25 heavy (non-hydrogen) atoms. The van der Waals surface area contributed by atoms with Crippen molar-refractivity contribution in [3.05, 3.63) is 42.0 Å². The molecule has 0 aromatic heterocycles. The number of carboxylic acid groups (broad SMARTS) is 1. The Balaban J connectivity index is 1.66. The largest absolute Gasteiger partial charge is 0.490 e. The van der Waals surface area contributed by atoms with E-state index in [9.17, 15) is 18.0 Å². The predicted molar refractivity (Wildman–Crippen MR) is 87.7 cm³/mol. The summed E-state index contributed by atoms with van der Waals surface area (Å²) >= 11 is 0. The molecule has 1 aliphatic carbocycles. The van der Waals surface area contributed by atoms with Gasteiger partial charge in [-0.15, -0.1) is 0 Å². The molecule has 134 valence electrons. The summed E-state index contributed by atoms with van der Waals surface area (Å²) in [5.41, 5.74) is 0.721. The van der Waals surface area contributed by atoms with Gasteiger partial charge in [0.15, 0.2) is 0 Å². The van der Waals surface area contributed by atoms with Gasteiger partial charge in [0.2, 0.25) is 0 Å². The maximum absolute atomic E-state index is 12.7. The highest BCUT2D eigenvalue weighted by Gasteiger charge is 2.41. The highest BCUT2D eigenvalue weighted by molar-refractivity contribution is 5.85. The third-order valence-electron chi connectivity index (χ3n) is 4.67. The molecule has 1 fully saturated rings. The zero-order valence-corrected chi connectivity index (χ0v) is 13.6. The number of aliphatic carboxylic acids is 1. The molecular formula is C19H19F3O3. The number of hydrogen-bond acceptors (Lipinski definition) is 2. The molecule has 2 aromatic carbocycles. The first-order valence-electron chi connectivity index (χ1n) is 8.29. The number of rotatable bonds is 4. The standard InChI is InChI=1S/C19H19F3O3/c20-19(21,22)15-4-7-16(8-5-15)25-17-6-3-13-9-12(10-18(23)24)1-2-14(13)11-17/h1-3,6,9,11,15-16H,4-5,7-8,10H2,(H,23,24). The lowest BCUT2D eigenvalue weighted by molar-refractivity contribution is -0.185. The van der Waals surface area contributed by atoms with Crippen LogP contribution in [0.2, 0.25) is 0 Å². The van der Waals surface area contributed by atoms with Crippen molar-refractivity contribution < 1.29 is 27.8 Å². The summed E-state index contributed by atoms with van der Waals surface area (Å²) in [4.78, 5) is 10.8. The van der Waals surface area contributed by atoms with Gasteiger partial charge in [0.1, 0.15) is 5.75 Å². The van der Waals surface area contributed by atoms with Gasteiger partial charge in [-0.05, 0) is 54.2 Å². The molecule has 6 heteroatoms. The Labute approximate surface area is 143 Å². The van der Waals surface area contributed by atoms with Crippen molar-refractivity contribution in [3.63, 3.8) is 0 Å². The second kappa shape index (κ2) is 6.94. The third kappa shape index (κ3) is 4.44. The van der Waals surface area contributed by atoms with Crippen LogP contribution in [-0.2, 0) is 11.2 Å². The third-order valence-corrected chi connectivity index (χ3v) is 4.67. The van der Waals surface area contributed by atoms with E-state index in [0.717, 1.165) is 16.3 Å². The Bertz CT molecular complexity index is 762. The van der Waals surface area contributed by atoms with Crippen molar-refractivity contribution in [2.45, 2.75) is 44.4 Å². The zero-order chi connectivity index (χ0) is 18.0. The van der Waals surface area contributed by atoms with Crippen LogP contribution in [0, 0.1) is 5.92 Å². The van der Waals surface area contributed by atoms with Crippen LogP contribution >= 0.6 is 0 Å². The monoisotopic (exact) mass is 352 g/mol. The summed E-state index contributed by atoms with van der Waals surface area (Å²) in [7, 11) is 0. The van der Waals surface area contributed by atoms with Crippen LogP contribution < -0.4 is 4.74 Å². The lowest BCUT2D eigenvalue weighted by Gasteiger charge is -2.30. The Hall–Kier alpha value is -2.24. The van der Waals surface area contributed by atoms with Gasteiger partial charge in [0.25, 0.3) is 0 Å². The van der Waals surface area contributed by atoms with Crippen molar-refractivity contribution in [1.29, 1.82) is 0 Å². The minimum atomic E-state index is -4.11. The van der Waals surface area contributed by atoms with Crippen LogP contribution in [0.3, 0.4) is 0 Å². The van der Waals surface area contributed by atoms with Crippen molar-refractivity contribution in [1.82, 2.24) is 0 Å². The van der Waals surface area contributed by atoms with E-state index in [1.54, 1.807) is 12.1 Å². The molecule has 0 spiro atoms. The summed E-state index contributed by atoms with van der Waals surface area (Å²) in [5.74, 6) is -1.46. The fourth-order valence-electron chi connectivity index (χ4n) is 3.33. The van der Waals surface area contributed by atoms with E-state index in [4.69, 9.17) is 9.84 Å². The minimum absolute atomic E-state index is 0.0311. The quantitative estimate of drug-likeness (QED) is 0.845. The van der Waals surface area contributed by atoms with E-state index in [1.165, 1.54) is 0 Å². The molecule has 0 heterocycles. The zero-order valence-electron chi connectivity index (χ0n) is 13.6. The van der Waals surface area contributed by atoms with Gasteiger partial charge in [0, 0.05) is 0 Å². The van der Waals surface area contributed by atoms with E-state index in [-0.39, 0.29) is 25.4 Å². The summed E-state index contributed by atoms with van der Waals surface area (Å²) in [6, 6.07) is 10.9. The molecule has 1 aliphatic rings. The van der Waals surface area contributed by atoms with Crippen molar-refractivity contribution in [3.8, 4) is 5.75 Å². The van der Waals surface area contributed by atoms with Crippen LogP contribution in [0.25, 0.3) is 10.8 Å². The summed E-state index contributed by atoms with van der Waals surface area (Å²) in [5, 5.41) is 10.7. The number of carbonyl (C=O) groups is 1. The molecule has 0 radical (unpaired) electrons. The van der Waals surface area contributed by atoms with Crippen LogP contribution in [0.4, 0.5) is 13.2 Å². The van der Waals surface area contributed by atoms with Gasteiger partial charge in [-0.1, -0.05) is 24.3 Å². The van der Waals surface area contributed by atoms with Gasteiger partial charge in [-0.25, -0.2) is 0 Å². The topological polar surface area (TPSA) is 46.5 Å². The Morgan fingerprint density at radius 1 is 1.04 bits per heavy atom. The van der Waals surface area contributed by atoms with Crippen molar-refractivity contribution >= 4 is 16.7 Å². The lowest BCUT2D eigenvalue weighted by atomic mass is 9.87. The Morgan fingerprint density at radius 2 is 1.68 bits per heavy atom. The highest BCUT2D eigenvalue weighted by atomic mass is 19.4. The van der Waals surface area contributed by atoms with Gasteiger partial charge < -0.3 is 9.84 Å². The SMILES string of the molecule is O=C(O)Cc1ccc2cc(OC3CCC(C(F)(F)F)CC3)ccc2c1. The predicted octanol–water partition coefficient (Wildman–Crippen LogP) is 4.97. The van der Waals surface area contributed by atoms with Gasteiger partial charge in [-0.2, -0.15) is 13.2 Å². The van der Waals surface area contributed by atoms with Crippen molar-refractivity contribution in [2.75, 3.05) is 0 Å². The van der Waals surface area contributed by atoms with Crippen LogP contribution in [-0.4, -0.2) is 23.4 Å². The lowest BCUT2D eigenvalue weighted by Crippen LogP contribution is -2.31. The van der Waals surface area contributed by atoms with Crippen molar-refractivity contribution in [2.24, 2.45) is 5.92 Å². The highest BCUT2D eigenvalue weighted by Crippen LogP contribution is 2.38. The fraction of sp³-hybridized carbons (Fsp3) is 0.421. The summed E-state index contributed by atoms with van der Waals surface area (Å²) in [6.45, 7) is 0. The van der Waals surface area contributed by atoms with Gasteiger partial charge >= 0.3 is 12.1 Å². The summed E-state index contributed by atoms with van der Waals surface area (Å²) < 4.78 is 44.0. The molecule has 0 aliphatic heterocycles. The van der Waals surface area contributed by atoms with E-state index in [1.807, 2.05) is 24.3 Å². The number of hydrogen-bond donors (Lipinski definition) is 1. The van der Waals surface area contributed by atoms with E-state index >= 15 is 0 Å². The molecule has 2 aromatic rings. The molecule has 3 nitrogen and oxygen atoms in total. The molecule has 0 amide bonds. The first-order chi connectivity index (χ1) is 11.8. The average Bonchev–Trinajstić information content (AvgIpc) is 2.54. The second-order valence-electron chi connectivity index (χ2n) is 6.55. The molecule has 0 unspecified atom stereocenters. The maximum atomic E-state index is 12.7. The Kier molecular flexibility index (Phi) is 4.88. The fourth-order valence-corrected chi connectivity index (χ4v) is 3.33. The smallest absolute Gasteiger partial charge is 0.391 e. The van der Waals surface area contributed by atoms with Crippen LogP contribution in [0.1, 0.15) is 31.2 Å².